The molecule has 0 atom stereocenters. The quantitative estimate of drug-likeness (QED) is 0.134. The van der Waals surface area contributed by atoms with Crippen molar-refractivity contribution in [1.29, 1.82) is 0 Å². The van der Waals surface area contributed by atoms with Crippen LogP contribution in [-0.2, 0) is 26.2 Å². The second-order valence-electron chi connectivity index (χ2n) is 11.1. The number of hydrogen-bond acceptors (Lipinski definition) is 7. The molecule has 0 bridgehead atoms. The number of rotatable bonds is 13. The fraction of sp³-hybridized carbons (Fsp3) is 0.333. The van der Waals surface area contributed by atoms with Crippen molar-refractivity contribution in [3.8, 4) is 40.0 Å². The van der Waals surface area contributed by atoms with Crippen LogP contribution in [0, 0.1) is 6.92 Å². The van der Waals surface area contributed by atoms with E-state index in [2.05, 4.69) is 89.4 Å². The molecule has 5 aromatic rings. The van der Waals surface area contributed by atoms with Crippen LogP contribution in [0.4, 0.5) is 0 Å². The lowest BCUT2D eigenvalue weighted by Gasteiger charge is -2.26. The summed E-state index contributed by atoms with van der Waals surface area (Å²) >= 11 is 1.67. The van der Waals surface area contributed by atoms with E-state index in [-0.39, 0.29) is 0 Å². The topological polar surface area (TPSA) is 61.6 Å². The lowest BCUT2D eigenvalue weighted by molar-refractivity contribution is 0.170. The average Bonchev–Trinajstić information content (AvgIpc) is 3.63. The molecule has 228 valence electrons. The summed E-state index contributed by atoms with van der Waals surface area (Å²) in [6.45, 7) is 11.2. The minimum Gasteiger partial charge on any atom is -0.494 e. The number of fused-ring (bicyclic) bond motifs is 1. The highest BCUT2D eigenvalue weighted by Gasteiger charge is 2.24. The van der Waals surface area contributed by atoms with Gasteiger partial charge in [0.05, 0.1) is 23.0 Å². The van der Waals surface area contributed by atoms with Gasteiger partial charge in [-0.1, -0.05) is 61.9 Å². The maximum atomic E-state index is 5.94. The third kappa shape index (κ3) is 6.98. The summed E-state index contributed by atoms with van der Waals surface area (Å²) in [6.07, 6.45) is 2.16. The van der Waals surface area contributed by atoms with Crippen molar-refractivity contribution in [3.05, 3.63) is 100 Å². The molecule has 0 N–H and O–H groups in total. The number of thiazole rings is 1. The van der Waals surface area contributed by atoms with Crippen LogP contribution < -0.4 is 14.2 Å². The van der Waals surface area contributed by atoms with Crippen molar-refractivity contribution in [3.63, 3.8) is 0 Å². The summed E-state index contributed by atoms with van der Waals surface area (Å²) in [7, 11) is 0. The number of nitrogens with zero attached hydrogens (tertiary/aromatic N) is 4. The van der Waals surface area contributed by atoms with Gasteiger partial charge in [-0.25, -0.2) is 9.97 Å². The summed E-state index contributed by atoms with van der Waals surface area (Å²) in [5, 5.41) is 3.17. The number of hydrogen-bond donors (Lipinski definition) is 0. The highest BCUT2D eigenvalue weighted by Crippen LogP contribution is 2.34. The van der Waals surface area contributed by atoms with Gasteiger partial charge in [0.2, 0.25) is 0 Å². The van der Waals surface area contributed by atoms with E-state index in [9.17, 15) is 0 Å². The Balaban J connectivity index is 1.43. The zero-order chi connectivity index (χ0) is 30.3. The molecule has 0 saturated carbocycles. The first-order valence-corrected chi connectivity index (χ1v) is 16.4. The number of imidazole rings is 1. The van der Waals surface area contributed by atoms with Crippen LogP contribution >= 0.6 is 11.3 Å². The van der Waals surface area contributed by atoms with Crippen molar-refractivity contribution >= 4 is 11.3 Å². The average molecular weight is 609 g/mol. The Hall–Kier alpha value is -4.14. The van der Waals surface area contributed by atoms with Crippen LogP contribution in [0.2, 0.25) is 0 Å². The Morgan fingerprint density at radius 3 is 2.41 bits per heavy atom. The fourth-order valence-electron chi connectivity index (χ4n) is 5.67. The van der Waals surface area contributed by atoms with Crippen molar-refractivity contribution in [1.82, 2.24) is 19.4 Å². The van der Waals surface area contributed by atoms with Gasteiger partial charge in [-0.15, -0.1) is 11.3 Å². The van der Waals surface area contributed by atoms with Crippen molar-refractivity contribution in [2.45, 2.75) is 59.8 Å². The molecule has 2 aromatic heterocycles. The van der Waals surface area contributed by atoms with E-state index in [0.29, 0.717) is 26.4 Å². The van der Waals surface area contributed by atoms with Crippen LogP contribution in [0.5, 0.6) is 17.2 Å². The number of ether oxygens (including phenoxy) is 3. The number of unbranched alkanes of at least 4 members (excludes halogenated alkanes) is 1. The lowest BCUT2D eigenvalue weighted by Crippen LogP contribution is -2.25. The van der Waals surface area contributed by atoms with Gasteiger partial charge in [-0.3, -0.25) is 4.90 Å². The monoisotopic (exact) mass is 608 g/mol. The van der Waals surface area contributed by atoms with Crippen LogP contribution in [0.15, 0.2) is 78.2 Å². The molecule has 0 amide bonds. The Kier molecular flexibility index (Phi) is 9.58. The molecule has 0 fully saturated rings. The van der Waals surface area contributed by atoms with E-state index in [4.69, 9.17) is 24.2 Å². The predicted octanol–water partition coefficient (Wildman–Crippen LogP) is 8.15. The maximum Gasteiger partial charge on any atom is 0.161 e. The number of benzene rings is 3. The largest absolute Gasteiger partial charge is 0.494 e. The van der Waals surface area contributed by atoms with Gasteiger partial charge in [0.25, 0.3) is 0 Å². The zero-order valence-corrected chi connectivity index (χ0v) is 26.6. The third-order valence-corrected chi connectivity index (χ3v) is 8.48. The molecule has 0 radical (unpaired) electrons. The van der Waals surface area contributed by atoms with Gasteiger partial charge >= 0.3 is 0 Å². The Labute approximate surface area is 264 Å². The SMILES string of the molecule is CCCCn1c(-c2csc(C)n2)nc(-c2ccccc2)c1CN(Cc1cccc(OCC)c1)Cc1ccc2c(c1)OCCO2. The lowest BCUT2D eigenvalue weighted by atomic mass is 10.1. The maximum absolute atomic E-state index is 5.94. The van der Waals surface area contributed by atoms with Gasteiger partial charge in [-0.2, -0.15) is 0 Å². The van der Waals surface area contributed by atoms with E-state index >= 15 is 0 Å². The smallest absolute Gasteiger partial charge is 0.161 e. The van der Waals surface area contributed by atoms with E-state index in [1.807, 2.05) is 19.1 Å². The van der Waals surface area contributed by atoms with E-state index in [0.717, 1.165) is 77.5 Å². The van der Waals surface area contributed by atoms with Crippen molar-refractivity contribution < 1.29 is 14.2 Å². The van der Waals surface area contributed by atoms with Crippen LogP contribution in [0.1, 0.15) is 48.5 Å². The highest BCUT2D eigenvalue weighted by atomic mass is 32.1. The first-order valence-electron chi connectivity index (χ1n) is 15.5. The molecular weight excluding hydrogens is 568 g/mol. The van der Waals surface area contributed by atoms with Gasteiger partial charge in [0.15, 0.2) is 17.3 Å². The molecule has 1 aliphatic heterocycles. The second-order valence-corrected chi connectivity index (χ2v) is 12.1. The van der Waals surface area contributed by atoms with Gasteiger partial charge in [0.1, 0.15) is 24.7 Å². The summed E-state index contributed by atoms with van der Waals surface area (Å²) in [6, 6.07) is 25.3. The summed E-state index contributed by atoms with van der Waals surface area (Å²) in [4.78, 5) is 12.7. The Bertz CT molecular complexity index is 1680. The minimum atomic E-state index is 0.570. The molecule has 7 nitrogen and oxygen atoms in total. The third-order valence-electron chi connectivity index (χ3n) is 7.70. The van der Waals surface area contributed by atoms with Crippen LogP contribution in [0.25, 0.3) is 22.8 Å². The molecule has 0 saturated heterocycles. The molecule has 8 heteroatoms. The molecule has 3 aromatic carbocycles. The van der Waals surface area contributed by atoms with Gasteiger partial charge in [-0.05, 0) is 55.7 Å². The standard InChI is InChI=1S/C36H40N4O3S/c1-4-6-17-40-32(35(29-12-8-7-9-13-29)38-36(40)31-25-44-26(3)37-31)24-39(22-27-11-10-14-30(20-27)41-5-2)23-28-15-16-33-34(21-28)43-19-18-42-33/h7-16,20-21,25H,4-6,17-19,22-24H2,1-3H3. The molecule has 44 heavy (non-hydrogen) atoms. The summed E-state index contributed by atoms with van der Waals surface area (Å²) in [5.74, 6) is 3.45. The normalized spacial score (nSPS) is 12.5. The number of aromatic nitrogens is 3. The van der Waals surface area contributed by atoms with Crippen LogP contribution in [-0.4, -0.2) is 39.3 Å². The first kappa shape index (κ1) is 29.9. The number of aryl methyl sites for hydroxylation is 1. The molecule has 0 spiro atoms. The second kappa shape index (κ2) is 14.1. The minimum absolute atomic E-state index is 0.570. The van der Waals surface area contributed by atoms with E-state index in [1.165, 1.54) is 16.8 Å². The van der Waals surface area contributed by atoms with Crippen LogP contribution in [0.3, 0.4) is 0 Å². The molecule has 1 aliphatic rings. The first-order chi connectivity index (χ1) is 21.6. The van der Waals surface area contributed by atoms with E-state index in [1.54, 1.807) is 11.3 Å². The van der Waals surface area contributed by atoms with E-state index < -0.39 is 0 Å². The Morgan fingerprint density at radius 2 is 1.66 bits per heavy atom. The summed E-state index contributed by atoms with van der Waals surface area (Å²) in [5.41, 5.74) is 6.64. The molecule has 0 unspecified atom stereocenters. The molecule has 0 aliphatic carbocycles. The van der Waals surface area contributed by atoms with Gasteiger partial charge < -0.3 is 18.8 Å². The zero-order valence-electron chi connectivity index (χ0n) is 25.8. The summed E-state index contributed by atoms with van der Waals surface area (Å²) < 4.78 is 20.0. The fourth-order valence-corrected chi connectivity index (χ4v) is 6.27. The molecule has 6 rings (SSSR count). The Morgan fingerprint density at radius 1 is 0.864 bits per heavy atom. The molecular formula is C36H40N4O3S. The van der Waals surface area contributed by atoms with Crippen molar-refractivity contribution in [2.75, 3.05) is 19.8 Å². The van der Waals surface area contributed by atoms with Gasteiger partial charge in [0, 0.05) is 37.1 Å². The van der Waals surface area contributed by atoms with Crippen molar-refractivity contribution in [2.24, 2.45) is 0 Å². The molecule has 3 heterocycles. The highest BCUT2D eigenvalue weighted by molar-refractivity contribution is 7.09. The predicted molar refractivity (Wildman–Crippen MR) is 176 cm³/mol.